The summed E-state index contributed by atoms with van der Waals surface area (Å²) >= 11 is 0. The van der Waals surface area contributed by atoms with Gasteiger partial charge in [-0.1, -0.05) is 50.3 Å². The lowest BCUT2D eigenvalue weighted by atomic mass is 9.75. The maximum absolute atomic E-state index is 12.1. The number of urea groups is 1. The Morgan fingerprint density at radius 1 is 1.14 bits per heavy atom. The van der Waals surface area contributed by atoms with E-state index in [-0.39, 0.29) is 11.6 Å². The lowest BCUT2D eigenvalue weighted by Gasteiger charge is -2.42. The van der Waals surface area contributed by atoms with E-state index in [4.69, 9.17) is 5.73 Å². The zero-order valence-corrected chi connectivity index (χ0v) is 13.0. The largest absolute Gasteiger partial charge is 0.351 e. The topological polar surface area (TPSA) is 46.3 Å². The maximum atomic E-state index is 12.1. The van der Waals surface area contributed by atoms with Crippen molar-refractivity contribution < 1.29 is 4.79 Å². The second kappa shape index (κ2) is 5.70. The summed E-state index contributed by atoms with van der Waals surface area (Å²) in [6.07, 6.45) is 9.96. The van der Waals surface area contributed by atoms with Crippen LogP contribution in [0, 0.1) is 5.92 Å². The second-order valence-electron chi connectivity index (χ2n) is 6.88. The van der Waals surface area contributed by atoms with E-state index in [0.29, 0.717) is 5.92 Å². The fourth-order valence-corrected chi connectivity index (χ4v) is 4.39. The van der Waals surface area contributed by atoms with E-state index in [1.54, 1.807) is 0 Å². The number of nitrogens with zero attached hydrogens (tertiary/aromatic N) is 1. The summed E-state index contributed by atoms with van der Waals surface area (Å²) in [5.74, 6) is 0.553. The van der Waals surface area contributed by atoms with Gasteiger partial charge in [-0.15, -0.1) is 0 Å². The van der Waals surface area contributed by atoms with Crippen molar-refractivity contribution in [2.45, 2.75) is 63.8 Å². The number of anilines is 1. The highest BCUT2D eigenvalue weighted by molar-refractivity contribution is 5.95. The minimum absolute atomic E-state index is 0.146. The standard InChI is InChI=1S/C18H26N2O/c1-18(15-10-5-3-2-4-6-11-15)13-14-9-7-8-12-16(14)20(18)17(19)21/h7-9,12,15H,2-6,10-11,13H2,1H3,(H2,19,21). The van der Waals surface area contributed by atoms with E-state index in [1.165, 1.54) is 50.5 Å². The van der Waals surface area contributed by atoms with Gasteiger partial charge in [-0.05, 0) is 43.7 Å². The summed E-state index contributed by atoms with van der Waals surface area (Å²) in [6.45, 7) is 2.24. The summed E-state index contributed by atoms with van der Waals surface area (Å²) in [5.41, 5.74) is 7.89. The van der Waals surface area contributed by atoms with Crippen LogP contribution >= 0.6 is 0 Å². The number of carbonyl (C=O) groups excluding carboxylic acids is 1. The quantitative estimate of drug-likeness (QED) is 0.824. The lowest BCUT2D eigenvalue weighted by molar-refractivity contribution is 0.216. The van der Waals surface area contributed by atoms with E-state index < -0.39 is 0 Å². The number of rotatable bonds is 1. The van der Waals surface area contributed by atoms with E-state index in [2.05, 4.69) is 19.1 Å². The second-order valence-corrected chi connectivity index (χ2v) is 6.88. The van der Waals surface area contributed by atoms with Crippen LogP contribution in [0.5, 0.6) is 0 Å². The molecule has 1 aromatic rings. The molecule has 2 aliphatic rings. The van der Waals surface area contributed by atoms with Gasteiger partial charge >= 0.3 is 6.03 Å². The van der Waals surface area contributed by atoms with Crippen LogP contribution in [0.2, 0.25) is 0 Å². The highest BCUT2D eigenvalue weighted by atomic mass is 16.2. The highest BCUT2D eigenvalue weighted by Gasteiger charge is 2.47. The first kappa shape index (κ1) is 14.4. The molecule has 1 unspecified atom stereocenters. The predicted octanol–water partition coefficient (Wildman–Crippen LogP) is 4.25. The molecule has 2 N–H and O–H groups in total. The Morgan fingerprint density at radius 2 is 1.76 bits per heavy atom. The number of fused-ring (bicyclic) bond motifs is 1. The first-order valence-corrected chi connectivity index (χ1v) is 8.30. The fraction of sp³-hybridized carbons (Fsp3) is 0.611. The molecule has 1 heterocycles. The first-order chi connectivity index (χ1) is 10.1. The summed E-state index contributed by atoms with van der Waals surface area (Å²) in [4.78, 5) is 14.0. The molecular weight excluding hydrogens is 260 g/mol. The Labute approximate surface area is 127 Å². The van der Waals surface area contributed by atoms with Gasteiger partial charge < -0.3 is 5.73 Å². The number of hydrogen-bond acceptors (Lipinski definition) is 1. The third kappa shape index (κ3) is 2.54. The van der Waals surface area contributed by atoms with Gasteiger partial charge in [0.05, 0.1) is 5.54 Å². The van der Waals surface area contributed by atoms with Gasteiger partial charge in [-0.25, -0.2) is 4.79 Å². The number of benzene rings is 1. The highest BCUT2D eigenvalue weighted by Crippen LogP contribution is 2.46. The minimum atomic E-state index is -0.301. The molecular formula is C18H26N2O. The Morgan fingerprint density at radius 3 is 2.43 bits per heavy atom. The monoisotopic (exact) mass is 286 g/mol. The molecule has 0 aromatic heterocycles. The van der Waals surface area contributed by atoms with Gasteiger partial charge in [-0.2, -0.15) is 0 Å². The van der Waals surface area contributed by atoms with E-state index in [9.17, 15) is 4.79 Å². The molecule has 114 valence electrons. The van der Waals surface area contributed by atoms with Crippen LogP contribution in [0.25, 0.3) is 0 Å². The smallest absolute Gasteiger partial charge is 0.319 e. The van der Waals surface area contributed by atoms with Crippen LogP contribution in [-0.4, -0.2) is 11.6 Å². The molecule has 3 rings (SSSR count). The number of hydrogen-bond donors (Lipinski definition) is 1. The summed E-state index contributed by atoms with van der Waals surface area (Å²) in [7, 11) is 0. The molecule has 1 atom stereocenters. The molecule has 1 aromatic carbocycles. The van der Waals surface area contributed by atoms with Gasteiger partial charge in [-0.3, -0.25) is 4.90 Å². The molecule has 3 heteroatoms. The van der Waals surface area contributed by atoms with Crippen molar-refractivity contribution in [1.82, 2.24) is 0 Å². The van der Waals surface area contributed by atoms with Crippen LogP contribution in [0.15, 0.2) is 24.3 Å². The number of primary amides is 1. The summed E-state index contributed by atoms with van der Waals surface area (Å²) < 4.78 is 0. The Balaban J connectivity index is 1.93. The van der Waals surface area contributed by atoms with Crippen molar-refractivity contribution in [1.29, 1.82) is 0 Å². The fourth-order valence-electron chi connectivity index (χ4n) is 4.39. The van der Waals surface area contributed by atoms with E-state index >= 15 is 0 Å². The number of carbonyl (C=O) groups is 1. The van der Waals surface area contributed by atoms with Crippen LogP contribution in [0.3, 0.4) is 0 Å². The van der Waals surface area contributed by atoms with E-state index in [0.717, 1.165) is 12.1 Å². The maximum Gasteiger partial charge on any atom is 0.319 e. The van der Waals surface area contributed by atoms with Gasteiger partial charge in [0, 0.05) is 5.69 Å². The summed E-state index contributed by atoms with van der Waals surface area (Å²) in [6, 6.07) is 7.93. The normalized spacial score (nSPS) is 27.0. The Hall–Kier alpha value is -1.51. The molecule has 1 saturated carbocycles. The molecule has 0 radical (unpaired) electrons. The predicted molar refractivity (Wildman–Crippen MR) is 86.4 cm³/mol. The van der Waals surface area contributed by atoms with Gasteiger partial charge in [0.25, 0.3) is 0 Å². The average molecular weight is 286 g/mol. The number of para-hydroxylation sites is 1. The molecule has 1 aliphatic carbocycles. The van der Waals surface area contributed by atoms with Gasteiger partial charge in [0.1, 0.15) is 0 Å². The molecule has 0 bridgehead atoms. The van der Waals surface area contributed by atoms with Crippen molar-refractivity contribution in [3.8, 4) is 0 Å². The van der Waals surface area contributed by atoms with E-state index in [1.807, 2.05) is 17.0 Å². The van der Waals surface area contributed by atoms with Crippen LogP contribution < -0.4 is 10.6 Å². The molecule has 0 spiro atoms. The zero-order chi connectivity index (χ0) is 14.9. The van der Waals surface area contributed by atoms with Crippen LogP contribution in [0.4, 0.5) is 10.5 Å². The first-order valence-electron chi connectivity index (χ1n) is 8.30. The third-order valence-corrected chi connectivity index (χ3v) is 5.50. The van der Waals surface area contributed by atoms with Crippen molar-refractivity contribution in [2.75, 3.05) is 4.90 Å². The molecule has 0 saturated heterocycles. The van der Waals surface area contributed by atoms with Crippen LogP contribution in [0.1, 0.15) is 57.4 Å². The Bertz CT molecular complexity index is 520. The van der Waals surface area contributed by atoms with Gasteiger partial charge in [0.2, 0.25) is 0 Å². The molecule has 1 fully saturated rings. The van der Waals surface area contributed by atoms with Gasteiger partial charge in [0.15, 0.2) is 0 Å². The SMILES string of the molecule is CC1(C2CCCCCCC2)Cc2ccccc2N1C(N)=O. The third-order valence-electron chi connectivity index (χ3n) is 5.50. The molecule has 1 aliphatic heterocycles. The lowest BCUT2D eigenvalue weighted by Crippen LogP contribution is -2.55. The Kier molecular flexibility index (Phi) is 3.92. The zero-order valence-electron chi connectivity index (χ0n) is 13.0. The molecule has 3 nitrogen and oxygen atoms in total. The van der Waals surface area contributed by atoms with Crippen molar-refractivity contribution in [3.05, 3.63) is 29.8 Å². The molecule has 2 amide bonds. The number of amides is 2. The average Bonchev–Trinajstić information content (AvgIpc) is 2.70. The van der Waals surface area contributed by atoms with Crippen molar-refractivity contribution >= 4 is 11.7 Å². The van der Waals surface area contributed by atoms with Crippen molar-refractivity contribution in [3.63, 3.8) is 0 Å². The van der Waals surface area contributed by atoms with Crippen LogP contribution in [-0.2, 0) is 6.42 Å². The number of nitrogens with two attached hydrogens (primary N) is 1. The summed E-state index contributed by atoms with van der Waals surface area (Å²) in [5, 5.41) is 0. The molecule has 21 heavy (non-hydrogen) atoms. The van der Waals surface area contributed by atoms with Crippen molar-refractivity contribution in [2.24, 2.45) is 11.7 Å². The minimum Gasteiger partial charge on any atom is -0.351 e.